The van der Waals surface area contributed by atoms with E-state index in [4.69, 9.17) is 86.0 Å². The molecule has 9 rings (SSSR count). The van der Waals surface area contributed by atoms with Gasteiger partial charge in [0.05, 0.1) is 114 Å². The van der Waals surface area contributed by atoms with E-state index in [1.807, 2.05) is 134 Å². The predicted molar refractivity (Wildman–Crippen MR) is 410 cm³/mol. The van der Waals surface area contributed by atoms with Crippen molar-refractivity contribution >= 4 is 51.6 Å². The van der Waals surface area contributed by atoms with Crippen molar-refractivity contribution in [1.82, 2.24) is 30.4 Å². The molecule has 0 saturated carbocycles. The van der Waals surface area contributed by atoms with Gasteiger partial charge >= 0.3 is 5.97 Å². The predicted octanol–water partition coefficient (Wildman–Crippen LogP) is 9.40. The van der Waals surface area contributed by atoms with Crippen LogP contribution in [0.25, 0.3) is 28.1 Å². The van der Waals surface area contributed by atoms with Gasteiger partial charge in [0, 0.05) is 97.2 Å². The van der Waals surface area contributed by atoms with Crippen molar-refractivity contribution in [2.24, 2.45) is 28.7 Å². The number of aromatic nitrogens is 2. The van der Waals surface area contributed by atoms with E-state index >= 15 is 0 Å². The van der Waals surface area contributed by atoms with Gasteiger partial charge in [0.15, 0.2) is 12.6 Å². The van der Waals surface area contributed by atoms with Crippen LogP contribution in [0.5, 0.6) is 0 Å². The SMILES string of the molecule is CC(C)N=c1cc2n(-c3ccc(Cl)cc3)c3ccccc3nc-2cc1Nc1ccc(Cl)cc1.CC[C@@H](CO)NCCN[C@@H](CC)CO.CC[C@H]1OC(=O)[C@H](C)[C@H](OC2CC(C)(OC)C(O)C(C)O2)C(C)[C@@H](OC2OC(C)CC(N(C)C)C2O)[C@](C)(O)C[C@@H](C)[C@@H]2N[C@@H](COCCOC)OC([C@H]2C)[C@]1(C)O. The summed E-state index contributed by atoms with van der Waals surface area (Å²) in [4.78, 5) is 26.3. The third-order valence-electron chi connectivity index (χ3n) is 21.2. The minimum absolute atomic E-state index is 0.130. The highest BCUT2D eigenvalue weighted by Crippen LogP contribution is 2.44. The number of hydrogen-bond donors (Lipinski definition) is 10. The Morgan fingerprint density at radius 2 is 1.44 bits per heavy atom. The number of halogens is 2. The van der Waals surface area contributed by atoms with Crippen molar-refractivity contribution in [2.75, 3.05) is 79.8 Å². The lowest BCUT2D eigenvalue weighted by molar-refractivity contribution is -0.318. The fourth-order valence-electron chi connectivity index (χ4n) is 15.1. The summed E-state index contributed by atoms with van der Waals surface area (Å²) in [6, 6.07) is 27.7. The summed E-state index contributed by atoms with van der Waals surface area (Å²) in [6.45, 7) is 29.3. The standard InChI is InChI=1S/C42H78N2O14.C27H22Cl2N4.C10H24N2O2/c1-15-29-42(10,49)37-24(4)32(43-30(56-37)21-52-17-16-50-13)22(2)19-40(8,48)36(58-39-33(45)28(44(11)12)18-23(3)53-39)25(5)34(26(6)38(47)55-29)57-31-20-41(9,51-14)35(46)27(7)54-31;1-17(2)30-24-16-27-25(15-23(24)31-20-11-7-18(28)8-12-20)32-22-5-3-4-6-26(22)33(27)21-13-9-19(29)10-14-21;1-3-9(7-13)11-5-6-12-10(4-2)8-14/h22-37,39,43,45-46,48-49H,15-21H2,1-14H3;3-17,31H,1-2H3;9-14H,3-8H2,1-2H3/t22-,23?,24+,25?,26-,27?,28?,29-,30-,31?,32+,33?,34-,35?,36-,37?,39?,40-,41?,42-;;9-,10-/m1.0/s1. The molecule has 5 aliphatic heterocycles. The summed E-state index contributed by atoms with van der Waals surface area (Å²) in [5.74, 6) is -2.95. The summed E-state index contributed by atoms with van der Waals surface area (Å²) >= 11 is 12.2. The Kier molecular flexibility index (Phi) is 33.7. The van der Waals surface area contributed by atoms with E-state index in [0.29, 0.717) is 29.7 Å². The highest BCUT2D eigenvalue weighted by Gasteiger charge is 2.56. The maximum absolute atomic E-state index is 14.5. The first-order valence-corrected chi connectivity index (χ1v) is 38.3. The fraction of sp³-hybridized carbons (Fsp3) is 0.684. The van der Waals surface area contributed by atoms with Gasteiger partial charge in [-0.3, -0.25) is 15.1 Å². The number of esters is 1. The largest absolute Gasteiger partial charge is 0.459 e. The number of anilines is 2. The second-order valence-electron chi connectivity index (χ2n) is 30.2. The second kappa shape index (κ2) is 40.4. The summed E-state index contributed by atoms with van der Waals surface area (Å²) in [7, 11) is 6.90. The van der Waals surface area contributed by atoms with E-state index < -0.39 is 96.1 Å². The van der Waals surface area contributed by atoms with Crippen LogP contribution in [0.1, 0.15) is 135 Å². The molecular formula is C79H124Cl2N8O16. The van der Waals surface area contributed by atoms with Gasteiger partial charge < -0.3 is 98.7 Å². The molecule has 6 aliphatic rings. The zero-order valence-corrected chi connectivity index (χ0v) is 66.6. The number of fused-ring (bicyclic) bond motifs is 4. The zero-order chi connectivity index (χ0) is 77.3. The number of ether oxygens (including phenoxy) is 9. The number of nitrogens with one attached hydrogen (secondary N) is 4. The number of rotatable bonds is 25. The van der Waals surface area contributed by atoms with Gasteiger partial charge in [0.2, 0.25) is 0 Å². The molecule has 0 amide bonds. The summed E-state index contributed by atoms with van der Waals surface area (Å²) in [5.41, 5.74) is 2.32. The molecule has 2 bridgehead atoms. The van der Waals surface area contributed by atoms with Crippen LogP contribution >= 0.6 is 23.2 Å². The van der Waals surface area contributed by atoms with Gasteiger partial charge in [0.1, 0.15) is 30.1 Å². The van der Waals surface area contributed by atoms with Crippen LogP contribution in [0.3, 0.4) is 0 Å². The van der Waals surface area contributed by atoms with E-state index in [0.717, 1.165) is 70.8 Å². The molecule has 22 atom stereocenters. The van der Waals surface area contributed by atoms with Gasteiger partial charge in [-0.2, -0.15) is 0 Å². The maximum atomic E-state index is 14.5. The van der Waals surface area contributed by atoms with Crippen molar-refractivity contribution in [3.05, 3.63) is 100 Å². The number of aliphatic hydroxyl groups is 6. The van der Waals surface area contributed by atoms with Crippen molar-refractivity contribution in [2.45, 2.75) is 250 Å². The molecule has 105 heavy (non-hydrogen) atoms. The Morgan fingerprint density at radius 3 is 2.02 bits per heavy atom. The van der Waals surface area contributed by atoms with Gasteiger partial charge in [-0.15, -0.1) is 0 Å². The van der Waals surface area contributed by atoms with Gasteiger partial charge in [-0.05, 0) is 180 Å². The molecule has 4 fully saturated rings. The molecule has 3 aromatic carbocycles. The minimum atomic E-state index is -1.64. The molecule has 1 aliphatic carbocycles. The third-order valence-corrected chi connectivity index (χ3v) is 21.7. The third kappa shape index (κ3) is 23.0. The highest BCUT2D eigenvalue weighted by molar-refractivity contribution is 6.30. The van der Waals surface area contributed by atoms with Crippen molar-refractivity contribution in [1.29, 1.82) is 0 Å². The number of nitrogens with zero attached hydrogens (tertiary/aromatic N) is 4. The number of cyclic esters (lactones) is 1. The smallest absolute Gasteiger partial charge is 0.311 e. The first kappa shape index (κ1) is 87.6. The molecule has 0 radical (unpaired) electrons. The Morgan fingerprint density at radius 1 is 0.810 bits per heavy atom. The molecule has 4 saturated heterocycles. The molecule has 590 valence electrons. The topological polar surface area (TPSA) is 303 Å². The molecule has 5 heterocycles. The summed E-state index contributed by atoms with van der Waals surface area (Å²) < 4.78 is 57.9. The number of para-hydroxylation sites is 2. The van der Waals surface area contributed by atoms with Gasteiger partial charge in [0.25, 0.3) is 0 Å². The maximum Gasteiger partial charge on any atom is 0.311 e. The lowest BCUT2D eigenvalue weighted by Gasteiger charge is -2.52. The van der Waals surface area contributed by atoms with Gasteiger partial charge in [-0.25, -0.2) is 4.98 Å². The number of benzene rings is 4. The molecule has 3 aromatic rings. The lowest BCUT2D eigenvalue weighted by Crippen LogP contribution is -2.67. The minimum Gasteiger partial charge on any atom is -0.459 e. The quantitative estimate of drug-likeness (QED) is 0.0148. The number of hydrogen-bond acceptors (Lipinski definition) is 23. The van der Waals surface area contributed by atoms with E-state index in [1.54, 1.807) is 41.7 Å². The van der Waals surface area contributed by atoms with Crippen molar-refractivity contribution in [3.63, 3.8) is 0 Å². The summed E-state index contributed by atoms with van der Waals surface area (Å²) in [6.07, 6.45) is -6.42. The van der Waals surface area contributed by atoms with Crippen molar-refractivity contribution in [3.8, 4) is 17.1 Å². The first-order valence-electron chi connectivity index (χ1n) is 37.6. The zero-order valence-electron chi connectivity index (χ0n) is 65.1. The second-order valence-corrected chi connectivity index (χ2v) is 31.1. The number of methoxy groups -OCH3 is 2. The molecule has 0 spiro atoms. The monoisotopic (exact) mass is 1510 g/mol. The molecule has 0 aromatic heterocycles. The highest BCUT2D eigenvalue weighted by atomic mass is 35.5. The number of likely N-dealkylation sites (N-methyl/N-ethyl adjacent to an activating group) is 1. The van der Waals surface area contributed by atoms with Gasteiger partial charge in [-0.1, -0.05) is 76.9 Å². The normalized spacial score (nSPS) is 32.7. The van der Waals surface area contributed by atoms with Crippen LogP contribution in [0.15, 0.2) is 89.9 Å². The average Bonchev–Trinajstić information content (AvgIpc) is 0.756. The van der Waals surface area contributed by atoms with Crippen LogP contribution in [0.4, 0.5) is 11.4 Å². The Balaban J connectivity index is 0.000000271. The lowest BCUT2D eigenvalue weighted by atomic mass is 9.71. The van der Waals surface area contributed by atoms with Crippen LogP contribution in [0, 0.1) is 23.7 Å². The van der Waals surface area contributed by atoms with Crippen LogP contribution in [0.2, 0.25) is 10.0 Å². The molecular weight excluding hydrogens is 1390 g/mol. The molecule has 10 N–H and O–H groups in total. The van der Waals surface area contributed by atoms with E-state index in [2.05, 4.69) is 57.9 Å². The van der Waals surface area contributed by atoms with Crippen LogP contribution in [-0.4, -0.2) is 240 Å². The number of carbonyl (C=O) groups is 1. The Labute approximate surface area is 632 Å². The Hall–Kier alpha value is -4.59. The molecule has 10 unspecified atom stereocenters. The first-order chi connectivity index (χ1) is 49.8. The summed E-state index contributed by atoms with van der Waals surface area (Å²) in [5, 5.41) is 81.6. The average molecular weight is 1510 g/mol. The molecule has 26 heteroatoms. The fourth-order valence-corrected chi connectivity index (χ4v) is 15.4. The Bertz CT molecular complexity index is 3450. The molecule has 24 nitrogen and oxygen atoms in total. The van der Waals surface area contributed by atoms with Crippen LogP contribution < -0.4 is 26.6 Å². The van der Waals surface area contributed by atoms with E-state index in [-0.39, 0.29) is 87.2 Å². The number of aliphatic hydroxyl groups excluding tert-OH is 4. The van der Waals surface area contributed by atoms with Crippen LogP contribution in [-0.2, 0) is 47.4 Å². The van der Waals surface area contributed by atoms with E-state index in [9.17, 15) is 25.2 Å². The number of carbonyl (C=O) groups excluding carboxylic acids is 1. The van der Waals surface area contributed by atoms with Crippen molar-refractivity contribution < 1.29 is 78.1 Å². The van der Waals surface area contributed by atoms with E-state index in [1.165, 1.54) is 7.11 Å².